The Kier molecular flexibility index (Phi) is 5.97. The molecule has 0 bridgehead atoms. The number of benzene rings is 3. The first kappa shape index (κ1) is 18.1. The molecule has 0 aliphatic rings. The fourth-order valence-electron chi connectivity index (χ4n) is 2.44. The maximum atomic E-state index is 12.9. The molecule has 1 N–H and O–H groups in total. The topological polar surface area (TPSA) is 21.3 Å². The maximum Gasteiger partial charge on any atom is 0.123 e. The van der Waals surface area contributed by atoms with Crippen molar-refractivity contribution in [2.75, 3.05) is 0 Å². The Morgan fingerprint density at radius 2 is 1.50 bits per heavy atom. The average molecular weight is 365 g/mol. The lowest BCUT2D eigenvalue weighted by atomic mass is 10.1. The molecular weight excluding hydrogens is 345 g/mol. The van der Waals surface area contributed by atoms with Crippen molar-refractivity contribution in [3.05, 3.63) is 101 Å². The minimum atomic E-state index is -0.246. The molecule has 3 aromatic carbocycles. The van der Waals surface area contributed by atoms with Gasteiger partial charge in [0.2, 0.25) is 0 Å². The first-order valence-corrected chi connectivity index (χ1v) is 8.82. The van der Waals surface area contributed by atoms with E-state index in [1.165, 1.54) is 23.3 Å². The first-order chi connectivity index (χ1) is 12.6. The van der Waals surface area contributed by atoms with Crippen LogP contribution in [0.25, 0.3) is 0 Å². The van der Waals surface area contributed by atoms with Crippen molar-refractivity contribution in [3.8, 4) is 5.75 Å². The van der Waals surface area contributed by atoms with Crippen LogP contribution in [0.1, 0.15) is 22.3 Å². The molecule has 0 unspecified atom stereocenters. The van der Waals surface area contributed by atoms with Crippen LogP contribution >= 0.6 is 12.2 Å². The number of ether oxygens (including phenoxy) is 1. The van der Waals surface area contributed by atoms with Crippen LogP contribution in [0, 0.1) is 12.7 Å². The monoisotopic (exact) mass is 365 g/mol. The zero-order valence-corrected chi connectivity index (χ0v) is 15.4. The molecule has 26 heavy (non-hydrogen) atoms. The predicted molar refractivity (Wildman–Crippen MR) is 107 cm³/mol. The molecule has 3 rings (SSSR count). The Morgan fingerprint density at radius 3 is 2.15 bits per heavy atom. The minimum absolute atomic E-state index is 0.246. The summed E-state index contributed by atoms with van der Waals surface area (Å²) in [7, 11) is 0. The highest BCUT2D eigenvalue weighted by Gasteiger charge is 2.03. The van der Waals surface area contributed by atoms with Gasteiger partial charge in [-0.25, -0.2) is 4.39 Å². The molecule has 0 aliphatic heterocycles. The molecule has 2 nitrogen and oxygen atoms in total. The second-order valence-corrected chi connectivity index (χ2v) is 6.52. The Bertz CT molecular complexity index is 858. The maximum absolute atomic E-state index is 12.9. The standard InChI is InChI=1S/C22H20FNOS/c1-16-2-4-17(5-3-16)14-24-22(26)19-8-12-21(13-9-19)25-15-18-6-10-20(23)11-7-18/h2-13H,14-15H2,1H3,(H,24,26). The zero-order chi connectivity index (χ0) is 18.4. The third-order valence-corrected chi connectivity index (χ3v) is 4.39. The largest absolute Gasteiger partial charge is 0.489 e. The van der Waals surface area contributed by atoms with Crippen molar-refractivity contribution in [2.45, 2.75) is 20.1 Å². The van der Waals surface area contributed by atoms with E-state index >= 15 is 0 Å². The lowest BCUT2D eigenvalue weighted by Gasteiger charge is -2.10. The second-order valence-electron chi connectivity index (χ2n) is 6.11. The van der Waals surface area contributed by atoms with E-state index in [2.05, 4.69) is 36.5 Å². The summed E-state index contributed by atoms with van der Waals surface area (Å²) in [6.07, 6.45) is 0. The predicted octanol–water partition coefficient (Wildman–Crippen LogP) is 5.18. The highest BCUT2D eigenvalue weighted by molar-refractivity contribution is 7.80. The molecule has 0 heterocycles. The van der Waals surface area contributed by atoms with Crippen LogP contribution in [0.15, 0.2) is 72.8 Å². The Labute approximate surface area is 158 Å². The van der Waals surface area contributed by atoms with Gasteiger partial charge in [0.1, 0.15) is 23.2 Å². The van der Waals surface area contributed by atoms with Gasteiger partial charge in [-0.15, -0.1) is 0 Å². The van der Waals surface area contributed by atoms with E-state index in [1.54, 1.807) is 12.1 Å². The number of halogens is 1. The van der Waals surface area contributed by atoms with Crippen LogP contribution in [-0.4, -0.2) is 4.99 Å². The van der Waals surface area contributed by atoms with Crippen molar-refractivity contribution in [2.24, 2.45) is 0 Å². The molecule has 0 aromatic heterocycles. The van der Waals surface area contributed by atoms with Crippen molar-refractivity contribution in [1.82, 2.24) is 5.32 Å². The lowest BCUT2D eigenvalue weighted by molar-refractivity contribution is 0.306. The normalized spacial score (nSPS) is 10.4. The molecule has 0 saturated heterocycles. The summed E-state index contributed by atoms with van der Waals surface area (Å²) < 4.78 is 18.6. The number of hydrogen-bond acceptors (Lipinski definition) is 2. The van der Waals surface area contributed by atoms with Gasteiger partial charge in [-0.1, -0.05) is 54.2 Å². The van der Waals surface area contributed by atoms with Crippen LogP contribution in [0.2, 0.25) is 0 Å². The quantitative estimate of drug-likeness (QED) is 0.608. The van der Waals surface area contributed by atoms with E-state index < -0.39 is 0 Å². The second kappa shape index (κ2) is 8.59. The van der Waals surface area contributed by atoms with Gasteiger partial charge < -0.3 is 10.1 Å². The van der Waals surface area contributed by atoms with Gasteiger partial charge in [0.05, 0.1) is 0 Å². The SMILES string of the molecule is Cc1ccc(CNC(=S)c2ccc(OCc3ccc(F)cc3)cc2)cc1. The highest BCUT2D eigenvalue weighted by Crippen LogP contribution is 2.15. The molecule has 3 aromatic rings. The van der Waals surface area contributed by atoms with Crippen LogP contribution < -0.4 is 10.1 Å². The molecular formula is C22H20FNOS. The number of hydrogen-bond donors (Lipinski definition) is 1. The third-order valence-electron chi connectivity index (χ3n) is 4.01. The molecule has 0 spiro atoms. The van der Waals surface area contributed by atoms with Crippen molar-refractivity contribution >= 4 is 17.2 Å². The number of thiocarbonyl (C=S) groups is 1. The third kappa shape index (κ3) is 5.14. The van der Waals surface area contributed by atoms with E-state index in [9.17, 15) is 4.39 Å². The summed E-state index contributed by atoms with van der Waals surface area (Å²) in [5.74, 6) is 0.504. The lowest BCUT2D eigenvalue weighted by Crippen LogP contribution is -2.21. The Morgan fingerprint density at radius 1 is 0.885 bits per heavy atom. The van der Waals surface area contributed by atoms with Crippen LogP contribution in [0.4, 0.5) is 4.39 Å². The summed E-state index contributed by atoms with van der Waals surface area (Å²) in [5, 5.41) is 3.27. The van der Waals surface area contributed by atoms with Gasteiger partial charge >= 0.3 is 0 Å². The van der Waals surface area contributed by atoms with E-state index in [0.29, 0.717) is 18.1 Å². The molecule has 0 atom stereocenters. The summed E-state index contributed by atoms with van der Waals surface area (Å²) in [4.78, 5) is 0.704. The first-order valence-electron chi connectivity index (χ1n) is 8.41. The van der Waals surface area contributed by atoms with Gasteiger partial charge in [-0.3, -0.25) is 0 Å². The highest BCUT2D eigenvalue weighted by atomic mass is 32.1. The fraction of sp³-hybridized carbons (Fsp3) is 0.136. The average Bonchev–Trinajstić information content (AvgIpc) is 2.67. The van der Waals surface area contributed by atoms with Crippen LogP contribution in [0.5, 0.6) is 5.75 Å². The Hall–Kier alpha value is -2.72. The van der Waals surface area contributed by atoms with E-state index in [4.69, 9.17) is 17.0 Å². The molecule has 0 radical (unpaired) electrons. The molecule has 0 aliphatic carbocycles. The Balaban J connectivity index is 1.52. The van der Waals surface area contributed by atoms with Gasteiger partial charge in [-0.05, 0) is 54.4 Å². The summed E-state index contributed by atoms with van der Waals surface area (Å²) in [6, 6.07) is 22.3. The van der Waals surface area contributed by atoms with Gasteiger partial charge in [0.15, 0.2) is 0 Å². The molecule has 132 valence electrons. The number of rotatable bonds is 6. The summed E-state index contributed by atoms with van der Waals surface area (Å²) >= 11 is 5.45. The molecule has 0 saturated carbocycles. The van der Waals surface area contributed by atoms with Crippen LogP contribution in [-0.2, 0) is 13.2 Å². The smallest absolute Gasteiger partial charge is 0.123 e. The van der Waals surface area contributed by atoms with Crippen molar-refractivity contribution in [1.29, 1.82) is 0 Å². The van der Waals surface area contributed by atoms with Crippen molar-refractivity contribution < 1.29 is 9.13 Å². The fourth-order valence-corrected chi connectivity index (χ4v) is 2.65. The summed E-state index contributed by atoms with van der Waals surface area (Å²) in [6.45, 7) is 3.17. The van der Waals surface area contributed by atoms with E-state index in [-0.39, 0.29) is 5.82 Å². The van der Waals surface area contributed by atoms with E-state index in [1.807, 2.05) is 24.3 Å². The molecule has 4 heteroatoms. The van der Waals surface area contributed by atoms with Crippen LogP contribution in [0.3, 0.4) is 0 Å². The molecule has 0 fully saturated rings. The van der Waals surface area contributed by atoms with E-state index in [0.717, 1.165) is 16.9 Å². The zero-order valence-electron chi connectivity index (χ0n) is 14.5. The van der Waals surface area contributed by atoms with Gasteiger partial charge in [-0.2, -0.15) is 0 Å². The van der Waals surface area contributed by atoms with Gasteiger partial charge in [0.25, 0.3) is 0 Å². The minimum Gasteiger partial charge on any atom is -0.489 e. The number of nitrogens with one attached hydrogen (secondary N) is 1. The molecule has 0 amide bonds. The van der Waals surface area contributed by atoms with Crippen molar-refractivity contribution in [3.63, 3.8) is 0 Å². The van der Waals surface area contributed by atoms with Gasteiger partial charge in [0, 0.05) is 12.1 Å². The summed E-state index contributed by atoms with van der Waals surface area (Å²) in [5.41, 5.74) is 4.30. The number of aryl methyl sites for hydroxylation is 1.